The van der Waals surface area contributed by atoms with E-state index in [0.29, 0.717) is 33.9 Å². The Hall–Kier alpha value is -4.58. The predicted octanol–water partition coefficient (Wildman–Crippen LogP) is 4.60. The van der Waals surface area contributed by atoms with Gasteiger partial charge in [-0.15, -0.1) is 0 Å². The third-order valence-corrected chi connectivity index (χ3v) is 7.70. The van der Waals surface area contributed by atoms with Crippen LogP contribution in [0, 0.1) is 13.8 Å². The molecule has 3 aromatic rings. The molecule has 41 heavy (non-hydrogen) atoms. The molecule has 1 atom stereocenters. The summed E-state index contributed by atoms with van der Waals surface area (Å²) in [7, 11) is 5.85. The predicted molar refractivity (Wildman–Crippen MR) is 151 cm³/mol. The number of carbonyl (C=O) groups is 3. The number of Topliss-reactive ketones (excluding diaryl/α,β-unsaturated/α-hetero) is 1. The molecule has 1 aliphatic heterocycles. The maximum Gasteiger partial charge on any atom is 0.350 e. The Kier molecular flexibility index (Phi) is 8.52. The normalized spacial score (nSPS) is 16.1. The number of aryl methyl sites for hydroxylation is 2. The van der Waals surface area contributed by atoms with E-state index >= 15 is 0 Å². The molecular formula is C29H30N2O9S. The highest BCUT2D eigenvalue weighted by molar-refractivity contribution is 7.17. The summed E-state index contributed by atoms with van der Waals surface area (Å²) in [5.74, 6) is -1.41. The van der Waals surface area contributed by atoms with E-state index in [-0.39, 0.29) is 33.7 Å². The van der Waals surface area contributed by atoms with Crippen LogP contribution in [0.25, 0.3) is 5.76 Å². The van der Waals surface area contributed by atoms with E-state index in [2.05, 4.69) is 4.98 Å². The summed E-state index contributed by atoms with van der Waals surface area (Å²) < 4.78 is 26.9. The van der Waals surface area contributed by atoms with Crippen molar-refractivity contribution in [3.63, 3.8) is 0 Å². The number of anilines is 1. The minimum atomic E-state index is -1.16. The van der Waals surface area contributed by atoms with Crippen LogP contribution in [0.2, 0.25) is 0 Å². The fourth-order valence-electron chi connectivity index (χ4n) is 4.66. The molecule has 216 valence electrons. The summed E-state index contributed by atoms with van der Waals surface area (Å²) in [5.41, 5.74) is 1.54. The Morgan fingerprint density at radius 1 is 0.976 bits per heavy atom. The molecule has 1 saturated heterocycles. The van der Waals surface area contributed by atoms with Crippen LogP contribution in [0.5, 0.6) is 23.0 Å². The monoisotopic (exact) mass is 582 g/mol. The van der Waals surface area contributed by atoms with Crippen LogP contribution >= 0.6 is 11.3 Å². The number of esters is 1. The third-order valence-electron chi connectivity index (χ3n) is 6.57. The summed E-state index contributed by atoms with van der Waals surface area (Å²) >= 11 is 0.913. The van der Waals surface area contributed by atoms with Crippen LogP contribution in [-0.4, -0.2) is 62.8 Å². The molecule has 1 aromatic heterocycles. The maximum atomic E-state index is 13.6. The van der Waals surface area contributed by atoms with Crippen LogP contribution in [0.4, 0.5) is 5.13 Å². The number of carbonyl (C=O) groups excluding carboxylic acids is 3. The van der Waals surface area contributed by atoms with Crippen molar-refractivity contribution in [3.8, 4) is 23.0 Å². The van der Waals surface area contributed by atoms with Crippen molar-refractivity contribution in [2.45, 2.75) is 26.8 Å². The SMILES string of the molecule is CCOC(=O)c1sc(N2C(=O)C(=O)C(=C(O)c3ccc(OC)c(C)c3)[C@@H]2c2cc(OC)c(OC)c(OC)c2)nc1C. The topological polar surface area (TPSA) is 134 Å². The molecule has 12 heteroatoms. The van der Waals surface area contributed by atoms with Crippen molar-refractivity contribution < 1.29 is 43.2 Å². The lowest BCUT2D eigenvalue weighted by Gasteiger charge is -2.24. The molecule has 0 unspecified atom stereocenters. The van der Waals surface area contributed by atoms with E-state index in [1.165, 1.54) is 28.4 Å². The highest BCUT2D eigenvalue weighted by Crippen LogP contribution is 2.48. The second kappa shape index (κ2) is 11.9. The van der Waals surface area contributed by atoms with Gasteiger partial charge < -0.3 is 28.8 Å². The first-order valence-corrected chi connectivity index (χ1v) is 13.3. The summed E-state index contributed by atoms with van der Waals surface area (Å²) in [5, 5.41) is 11.6. The summed E-state index contributed by atoms with van der Waals surface area (Å²) in [6.45, 7) is 5.24. The molecule has 11 nitrogen and oxygen atoms in total. The summed E-state index contributed by atoms with van der Waals surface area (Å²) in [4.78, 5) is 45.6. The number of amides is 1. The van der Waals surface area contributed by atoms with Crippen LogP contribution in [0.1, 0.15) is 45.0 Å². The molecule has 0 saturated carbocycles. The second-order valence-corrected chi connectivity index (χ2v) is 9.92. The van der Waals surface area contributed by atoms with Gasteiger partial charge in [-0.1, -0.05) is 11.3 Å². The van der Waals surface area contributed by atoms with Crippen molar-refractivity contribution in [2.75, 3.05) is 39.9 Å². The lowest BCUT2D eigenvalue weighted by Crippen LogP contribution is -2.29. The van der Waals surface area contributed by atoms with Gasteiger partial charge in [0, 0.05) is 5.56 Å². The number of ketones is 1. The minimum Gasteiger partial charge on any atom is -0.507 e. The number of hydrogen-bond donors (Lipinski definition) is 1. The van der Waals surface area contributed by atoms with Gasteiger partial charge in [-0.3, -0.25) is 14.5 Å². The number of thiazole rings is 1. The van der Waals surface area contributed by atoms with Crippen molar-refractivity contribution in [3.05, 3.63) is 63.2 Å². The van der Waals surface area contributed by atoms with Crippen LogP contribution < -0.4 is 23.8 Å². The molecule has 2 aromatic carbocycles. The second-order valence-electron chi connectivity index (χ2n) is 8.94. The van der Waals surface area contributed by atoms with E-state index in [4.69, 9.17) is 23.7 Å². The smallest absolute Gasteiger partial charge is 0.350 e. The first-order chi connectivity index (χ1) is 19.6. The van der Waals surface area contributed by atoms with Gasteiger partial charge in [0.25, 0.3) is 5.78 Å². The molecule has 1 amide bonds. The Labute approximate surface area is 240 Å². The van der Waals surface area contributed by atoms with Gasteiger partial charge in [0.2, 0.25) is 5.75 Å². The number of aliphatic hydroxyl groups is 1. The Balaban J connectivity index is 2.00. The van der Waals surface area contributed by atoms with Gasteiger partial charge in [-0.25, -0.2) is 9.78 Å². The van der Waals surface area contributed by atoms with E-state index in [1.54, 1.807) is 51.1 Å². The largest absolute Gasteiger partial charge is 0.507 e. The number of hydrogen-bond acceptors (Lipinski definition) is 11. The van der Waals surface area contributed by atoms with Crippen molar-refractivity contribution in [1.82, 2.24) is 4.98 Å². The van der Waals surface area contributed by atoms with Crippen molar-refractivity contribution in [1.29, 1.82) is 0 Å². The van der Waals surface area contributed by atoms with Gasteiger partial charge in [0.05, 0.1) is 52.4 Å². The molecule has 0 bridgehead atoms. The highest BCUT2D eigenvalue weighted by Gasteiger charge is 2.49. The fraction of sp³-hybridized carbons (Fsp3) is 0.310. The van der Waals surface area contributed by atoms with Crippen LogP contribution in [0.15, 0.2) is 35.9 Å². The summed E-state index contributed by atoms with van der Waals surface area (Å²) in [6, 6.07) is 6.92. The third kappa shape index (κ3) is 5.18. The lowest BCUT2D eigenvalue weighted by molar-refractivity contribution is -0.132. The number of rotatable bonds is 9. The van der Waals surface area contributed by atoms with E-state index in [0.717, 1.165) is 16.2 Å². The van der Waals surface area contributed by atoms with Gasteiger partial charge in [0.15, 0.2) is 16.6 Å². The van der Waals surface area contributed by atoms with Gasteiger partial charge in [-0.2, -0.15) is 0 Å². The Morgan fingerprint density at radius 2 is 1.61 bits per heavy atom. The van der Waals surface area contributed by atoms with Gasteiger partial charge >= 0.3 is 11.9 Å². The number of benzene rings is 2. The number of methoxy groups -OCH3 is 4. The average molecular weight is 583 g/mol. The molecule has 1 N–H and O–H groups in total. The summed E-state index contributed by atoms with van der Waals surface area (Å²) in [6.07, 6.45) is 0. The Morgan fingerprint density at radius 3 is 2.15 bits per heavy atom. The van der Waals surface area contributed by atoms with E-state index < -0.39 is 29.5 Å². The molecular weight excluding hydrogens is 552 g/mol. The van der Waals surface area contributed by atoms with E-state index in [9.17, 15) is 19.5 Å². The highest BCUT2D eigenvalue weighted by atomic mass is 32.1. The first-order valence-electron chi connectivity index (χ1n) is 12.5. The Bertz CT molecular complexity index is 1530. The zero-order valence-corrected chi connectivity index (χ0v) is 24.5. The molecule has 0 spiro atoms. The minimum absolute atomic E-state index is 0.0800. The zero-order valence-electron chi connectivity index (χ0n) is 23.7. The molecule has 2 heterocycles. The standard InChI is InChI=1S/C29H30N2O9S/c1-8-40-28(35)26-15(3)30-29(41-26)31-22(17-12-19(37-5)25(39-7)20(13-17)38-6)21(24(33)27(31)34)23(32)16-9-10-18(36-4)14(2)11-16/h9-13,22,32H,8H2,1-7H3/t22-/m0/s1. The number of aliphatic hydroxyl groups excluding tert-OH is 1. The van der Waals surface area contributed by atoms with Crippen molar-refractivity contribution in [2.24, 2.45) is 0 Å². The molecule has 4 rings (SSSR count). The van der Waals surface area contributed by atoms with Gasteiger partial charge in [-0.05, 0) is 62.2 Å². The number of aromatic nitrogens is 1. The first kappa shape index (κ1) is 29.4. The number of nitrogens with zero attached hydrogens (tertiary/aromatic N) is 2. The lowest BCUT2D eigenvalue weighted by atomic mass is 9.94. The quantitative estimate of drug-likeness (QED) is 0.165. The molecule has 0 radical (unpaired) electrons. The number of ether oxygens (including phenoxy) is 5. The zero-order chi connectivity index (χ0) is 30.0. The molecule has 0 aliphatic carbocycles. The van der Waals surface area contributed by atoms with Crippen molar-refractivity contribution >= 4 is 39.9 Å². The fourth-order valence-corrected chi connectivity index (χ4v) is 5.64. The average Bonchev–Trinajstić information content (AvgIpc) is 3.47. The maximum absolute atomic E-state index is 13.6. The molecule has 1 aliphatic rings. The molecule has 1 fully saturated rings. The van der Waals surface area contributed by atoms with E-state index in [1.807, 2.05) is 0 Å². The van der Waals surface area contributed by atoms with Crippen LogP contribution in [0.3, 0.4) is 0 Å². The van der Waals surface area contributed by atoms with Crippen LogP contribution in [-0.2, 0) is 14.3 Å². The van der Waals surface area contributed by atoms with Gasteiger partial charge in [0.1, 0.15) is 16.4 Å².